The Balaban J connectivity index is 2.79. The molecule has 1 aromatic carbocycles. The van der Waals surface area contributed by atoms with Gasteiger partial charge in [0.1, 0.15) is 0 Å². The van der Waals surface area contributed by atoms with E-state index in [4.69, 9.17) is 0 Å². The van der Waals surface area contributed by atoms with Gasteiger partial charge in [0.25, 0.3) is 0 Å². The predicted octanol–water partition coefficient (Wildman–Crippen LogP) is 5.36. The fourth-order valence-corrected chi connectivity index (χ4v) is 6.49. The first-order valence-electron chi connectivity index (χ1n) is 7.79. The van der Waals surface area contributed by atoms with Crippen molar-refractivity contribution in [1.29, 1.82) is 0 Å². The van der Waals surface area contributed by atoms with Gasteiger partial charge in [0.2, 0.25) is 0 Å². The lowest BCUT2D eigenvalue weighted by atomic mass is 10.2. The van der Waals surface area contributed by atoms with Crippen molar-refractivity contribution in [3.8, 4) is 0 Å². The van der Waals surface area contributed by atoms with Crippen molar-refractivity contribution in [3.63, 3.8) is 0 Å². The monoisotopic (exact) mass is 316 g/mol. The molecule has 23 heavy (non-hydrogen) atoms. The van der Waals surface area contributed by atoms with E-state index >= 15 is 0 Å². The topological polar surface area (TPSA) is 0 Å². The van der Waals surface area contributed by atoms with Crippen molar-refractivity contribution < 1.29 is 0 Å². The Bertz CT molecular complexity index is 730. The molecule has 0 aliphatic carbocycles. The van der Waals surface area contributed by atoms with E-state index in [-0.39, 0.29) is 0 Å². The second-order valence-electron chi connectivity index (χ2n) is 6.04. The molecule has 0 unspecified atom stereocenters. The zero-order chi connectivity index (χ0) is 16.9. The normalized spacial score (nSPS) is 19.7. The average molecular weight is 317 g/mol. The van der Waals surface area contributed by atoms with Crippen LogP contribution in [0, 0.1) is 0 Å². The molecule has 0 spiro atoms. The Kier molecular flexibility index (Phi) is 5.35. The SMILES string of the molecule is C=C/C1=C\C=C/c2cccc(c2)[Si]1(/C=C/C(=C)C)/C=C/C(=C)C. The van der Waals surface area contributed by atoms with Crippen LogP contribution in [0.4, 0.5) is 0 Å². The molecule has 1 aromatic rings. The van der Waals surface area contributed by atoms with Gasteiger partial charge in [0, 0.05) is 0 Å². The molecule has 116 valence electrons. The van der Waals surface area contributed by atoms with Crippen molar-refractivity contribution in [2.45, 2.75) is 13.8 Å². The number of hydrogen-bond donors (Lipinski definition) is 0. The van der Waals surface area contributed by atoms with Gasteiger partial charge in [-0.15, -0.1) is 0 Å². The molecule has 0 saturated heterocycles. The highest BCUT2D eigenvalue weighted by Crippen LogP contribution is 2.24. The predicted molar refractivity (Wildman–Crippen MR) is 107 cm³/mol. The van der Waals surface area contributed by atoms with E-state index in [1.54, 1.807) is 0 Å². The average Bonchev–Trinajstić information content (AvgIpc) is 2.51. The third kappa shape index (κ3) is 3.88. The highest BCUT2D eigenvalue weighted by molar-refractivity contribution is 7.05. The summed E-state index contributed by atoms with van der Waals surface area (Å²) in [6, 6.07) is 8.77. The fourth-order valence-electron chi connectivity index (χ4n) is 2.69. The molecule has 1 aliphatic heterocycles. The molecule has 0 N–H and O–H groups in total. The van der Waals surface area contributed by atoms with Crippen molar-refractivity contribution in [2.75, 3.05) is 0 Å². The van der Waals surface area contributed by atoms with Gasteiger partial charge in [0.05, 0.1) is 0 Å². The zero-order valence-corrected chi connectivity index (χ0v) is 15.0. The number of benzene rings is 1. The lowest BCUT2D eigenvalue weighted by Gasteiger charge is -2.29. The summed E-state index contributed by atoms with van der Waals surface area (Å²) in [5, 5.41) is 2.61. The summed E-state index contributed by atoms with van der Waals surface area (Å²) in [6.07, 6.45) is 12.7. The van der Waals surface area contributed by atoms with Crippen molar-refractivity contribution >= 4 is 19.3 Å². The van der Waals surface area contributed by atoms with Crippen LogP contribution in [-0.4, -0.2) is 8.07 Å². The zero-order valence-electron chi connectivity index (χ0n) is 14.0. The van der Waals surface area contributed by atoms with Crippen LogP contribution < -0.4 is 5.19 Å². The molecule has 0 amide bonds. The van der Waals surface area contributed by atoms with E-state index < -0.39 is 8.07 Å². The van der Waals surface area contributed by atoms with Crippen LogP contribution in [0.15, 0.2) is 102 Å². The first-order valence-corrected chi connectivity index (χ1v) is 9.95. The maximum atomic E-state index is 4.07. The molecule has 1 heteroatoms. The third-order valence-electron chi connectivity index (χ3n) is 3.89. The molecule has 0 saturated carbocycles. The number of rotatable bonds is 5. The molecular weight excluding hydrogens is 292 g/mol. The van der Waals surface area contributed by atoms with Crippen molar-refractivity contribution in [1.82, 2.24) is 0 Å². The minimum atomic E-state index is -2.20. The number of hydrogen-bond acceptors (Lipinski definition) is 0. The van der Waals surface area contributed by atoms with Crippen LogP contribution in [0.3, 0.4) is 0 Å². The van der Waals surface area contributed by atoms with Gasteiger partial charge in [-0.05, 0) is 29.8 Å². The fraction of sp³-hybridized carbons (Fsp3) is 0.0909. The van der Waals surface area contributed by atoms with Gasteiger partial charge >= 0.3 is 0 Å². The van der Waals surface area contributed by atoms with E-state index in [2.05, 4.69) is 85.8 Å². The van der Waals surface area contributed by atoms with Gasteiger partial charge in [-0.25, -0.2) is 0 Å². The van der Waals surface area contributed by atoms with Crippen molar-refractivity contribution in [2.24, 2.45) is 0 Å². The van der Waals surface area contributed by atoms with Gasteiger partial charge in [-0.1, -0.05) is 103 Å². The molecule has 0 nitrogen and oxygen atoms in total. The van der Waals surface area contributed by atoms with E-state index in [1.807, 2.05) is 19.9 Å². The summed E-state index contributed by atoms with van der Waals surface area (Å²) in [7, 11) is -2.20. The lowest BCUT2D eigenvalue weighted by molar-refractivity contribution is 1.55. The Morgan fingerprint density at radius 2 is 1.70 bits per heavy atom. The molecule has 1 aliphatic rings. The minimum Gasteiger partial charge on any atom is -0.0991 e. The molecule has 0 atom stereocenters. The van der Waals surface area contributed by atoms with Crippen LogP contribution in [0.1, 0.15) is 19.4 Å². The molecule has 1 heterocycles. The van der Waals surface area contributed by atoms with Crippen molar-refractivity contribution in [3.05, 3.63) is 108 Å². The Hall–Kier alpha value is -2.38. The van der Waals surface area contributed by atoms with E-state index in [9.17, 15) is 0 Å². The van der Waals surface area contributed by atoms with E-state index in [0.29, 0.717) is 0 Å². The molecular formula is C22H24Si. The van der Waals surface area contributed by atoms with Gasteiger partial charge in [-0.2, -0.15) is 0 Å². The van der Waals surface area contributed by atoms with Gasteiger partial charge in [0.15, 0.2) is 8.07 Å². The summed E-state index contributed by atoms with van der Waals surface area (Å²) < 4.78 is 0. The van der Waals surface area contributed by atoms with E-state index in [0.717, 1.165) is 11.1 Å². The Morgan fingerprint density at radius 3 is 2.26 bits per heavy atom. The second-order valence-corrected chi connectivity index (χ2v) is 9.60. The summed E-state index contributed by atoms with van der Waals surface area (Å²) in [6.45, 7) is 16.2. The minimum absolute atomic E-state index is 1.05. The third-order valence-corrected chi connectivity index (χ3v) is 7.87. The van der Waals surface area contributed by atoms with Crippen LogP contribution in [0.2, 0.25) is 0 Å². The summed E-state index contributed by atoms with van der Waals surface area (Å²) in [5.74, 6) is 0. The maximum absolute atomic E-state index is 4.07. The Labute approximate surface area is 141 Å². The first kappa shape index (κ1) is 17.0. The molecule has 2 bridgehead atoms. The summed E-state index contributed by atoms with van der Waals surface area (Å²) >= 11 is 0. The number of fused-ring (bicyclic) bond motifs is 2. The highest BCUT2D eigenvalue weighted by atomic mass is 28.3. The van der Waals surface area contributed by atoms with E-state index in [1.165, 1.54) is 15.9 Å². The molecule has 0 radical (unpaired) electrons. The Morgan fingerprint density at radius 1 is 1.04 bits per heavy atom. The largest absolute Gasteiger partial charge is 0.165 e. The van der Waals surface area contributed by atoms with Gasteiger partial charge < -0.3 is 0 Å². The smallest absolute Gasteiger partial charge is 0.0991 e. The summed E-state index contributed by atoms with van der Waals surface area (Å²) in [4.78, 5) is 0. The molecule has 0 aromatic heterocycles. The summed E-state index contributed by atoms with van der Waals surface area (Å²) in [5.41, 5.74) is 8.00. The standard InChI is InChI=1S/C22H24Si/c1-6-21-11-7-9-20-10-8-12-22(17-20)23(21,15-13-18(2)3)16-14-19(4)5/h6-17H,1-2,4H2,3,5H3/b9-7-,15-13+,16-14+,21-11+. The quantitative estimate of drug-likeness (QED) is 0.506. The van der Waals surface area contributed by atoms with Crippen LogP contribution >= 0.6 is 0 Å². The molecule has 0 fully saturated rings. The van der Waals surface area contributed by atoms with Crippen LogP contribution in [0.25, 0.3) is 6.08 Å². The lowest BCUT2D eigenvalue weighted by Crippen LogP contribution is -2.47. The van der Waals surface area contributed by atoms with Gasteiger partial charge in [-0.3, -0.25) is 0 Å². The van der Waals surface area contributed by atoms with Crippen LogP contribution in [0.5, 0.6) is 0 Å². The highest BCUT2D eigenvalue weighted by Gasteiger charge is 2.33. The van der Waals surface area contributed by atoms with Crippen LogP contribution in [-0.2, 0) is 0 Å². The maximum Gasteiger partial charge on any atom is 0.165 e. The first-order chi connectivity index (χ1) is 11.0. The second kappa shape index (κ2) is 7.25. The molecule has 2 rings (SSSR count). The number of allylic oxidation sites excluding steroid dienone is 8.